The quantitative estimate of drug-likeness (QED) is 0.537. The highest BCUT2D eigenvalue weighted by molar-refractivity contribution is 5.09. The zero-order valence-electron chi connectivity index (χ0n) is 6.26. The summed E-state index contributed by atoms with van der Waals surface area (Å²) in [4.78, 5) is 2.86. The number of hydrogen-bond acceptors (Lipinski definition) is 3. The van der Waals surface area contributed by atoms with Gasteiger partial charge < -0.3 is 0 Å². The van der Waals surface area contributed by atoms with E-state index in [-0.39, 0.29) is 0 Å². The van der Waals surface area contributed by atoms with Gasteiger partial charge in [0.1, 0.15) is 0 Å². The number of hydrogen-bond donors (Lipinski definition) is 2. The van der Waals surface area contributed by atoms with Gasteiger partial charge in [-0.1, -0.05) is 0 Å². The van der Waals surface area contributed by atoms with E-state index in [2.05, 4.69) is 4.85 Å². The average Bonchev–Trinajstić information content (AvgIpc) is 2.45. The maximum Gasteiger partial charge on any atom is 0.417 e. The number of halogens is 3. The van der Waals surface area contributed by atoms with Gasteiger partial charge in [-0.3, -0.25) is 10.2 Å². The van der Waals surface area contributed by atoms with Gasteiger partial charge in [0.05, 0.1) is 6.07 Å². The van der Waals surface area contributed by atoms with Crippen LogP contribution in [-0.4, -0.2) is 24.5 Å². The van der Waals surface area contributed by atoms with E-state index in [1.165, 1.54) is 0 Å². The van der Waals surface area contributed by atoms with Gasteiger partial charge in [-0.2, -0.15) is 18.4 Å². The lowest BCUT2D eigenvalue weighted by Gasteiger charge is -2.13. The zero-order valence-corrected chi connectivity index (χ0v) is 6.26. The van der Waals surface area contributed by atoms with Gasteiger partial charge in [0.25, 0.3) is 0 Å². The molecule has 3 unspecified atom stereocenters. The van der Waals surface area contributed by atoms with Gasteiger partial charge in [-0.25, -0.2) is 11.9 Å². The minimum atomic E-state index is -4.48. The second-order valence-corrected chi connectivity index (χ2v) is 2.49. The monoisotopic (exact) mass is 190 g/mol. The Balaban J connectivity index is 2.72. The van der Waals surface area contributed by atoms with Gasteiger partial charge in [0, 0.05) is 0 Å². The van der Waals surface area contributed by atoms with Crippen molar-refractivity contribution in [3.8, 4) is 6.07 Å². The first-order valence-corrected chi connectivity index (χ1v) is 3.34. The van der Waals surface area contributed by atoms with Gasteiger partial charge in [-0.05, 0) is 0 Å². The topological polar surface area (TPSA) is 52.2 Å². The highest BCUT2D eigenvalue weighted by atomic mass is 19.4. The Bertz CT molecular complexity index is 251. The SMILES string of the molecule is [C-]#[N+]C1NC(C(F)(F)F)NC1C#N. The Morgan fingerprint density at radius 1 is 1.38 bits per heavy atom. The van der Waals surface area contributed by atoms with Crippen molar-refractivity contribution in [2.24, 2.45) is 0 Å². The molecule has 0 aromatic carbocycles. The minimum Gasteiger partial charge on any atom is -0.293 e. The summed E-state index contributed by atoms with van der Waals surface area (Å²) in [5.41, 5.74) is 0. The molecule has 2 N–H and O–H groups in total. The summed E-state index contributed by atoms with van der Waals surface area (Å²) in [6.45, 7) is 6.53. The largest absolute Gasteiger partial charge is 0.417 e. The van der Waals surface area contributed by atoms with E-state index in [4.69, 9.17) is 11.8 Å². The molecule has 0 aliphatic carbocycles. The summed E-state index contributed by atoms with van der Waals surface area (Å²) in [6.07, 6.45) is -7.57. The molecule has 4 nitrogen and oxygen atoms in total. The van der Waals surface area contributed by atoms with E-state index in [0.717, 1.165) is 0 Å². The van der Waals surface area contributed by atoms with E-state index < -0.39 is 24.5 Å². The summed E-state index contributed by atoms with van der Waals surface area (Å²) in [7, 11) is 0. The summed E-state index contributed by atoms with van der Waals surface area (Å²) in [6, 6.07) is 0.472. The molecule has 0 aromatic rings. The molecule has 1 heterocycles. The molecule has 1 fully saturated rings. The number of nitrogens with one attached hydrogen (secondary N) is 2. The van der Waals surface area contributed by atoms with Gasteiger partial charge in [-0.15, -0.1) is 0 Å². The van der Waals surface area contributed by atoms with Crippen molar-refractivity contribution < 1.29 is 13.2 Å². The van der Waals surface area contributed by atoms with E-state index in [0.29, 0.717) is 0 Å². The van der Waals surface area contributed by atoms with Gasteiger partial charge in [0.2, 0.25) is 0 Å². The van der Waals surface area contributed by atoms with Crippen molar-refractivity contribution >= 4 is 0 Å². The van der Waals surface area contributed by atoms with E-state index in [9.17, 15) is 13.2 Å². The van der Waals surface area contributed by atoms with Crippen LogP contribution < -0.4 is 10.6 Å². The molecule has 7 heteroatoms. The molecule has 0 saturated carbocycles. The molecule has 0 spiro atoms. The molecule has 70 valence electrons. The number of rotatable bonds is 0. The Labute approximate surface area is 72.1 Å². The molecule has 0 radical (unpaired) electrons. The van der Waals surface area contributed by atoms with Gasteiger partial charge >= 0.3 is 12.3 Å². The highest BCUT2D eigenvalue weighted by Gasteiger charge is 2.50. The molecule has 1 aliphatic heterocycles. The average molecular weight is 190 g/mol. The Morgan fingerprint density at radius 2 is 2.00 bits per heavy atom. The lowest BCUT2D eigenvalue weighted by Crippen LogP contribution is -2.46. The van der Waals surface area contributed by atoms with Crippen LogP contribution in [0, 0.1) is 17.9 Å². The predicted molar refractivity (Wildman–Crippen MR) is 35.9 cm³/mol. The summed E-state index contributed by atoms with van der Waals surface area (Å²) >= 11 is 0. The predicted octanol–water partition coefficient (Wildman–Crippen LogP) is 0.205. The molecule has 0 aromatic heterocycles. The van der Waals surface area contributed by atoms with Gasteiger partial charge in [0.15, 0.2) is 12.2 Å². The van der Waals surface area contributed by atoms with Crippen LogP contribution in [0.1, 0.15) is 0 Å². The van der Waals surface area contributed by atoms with Crippen LogP contribution in [0.25, 0.3) is 4.85 Å². The number of alkyl halides is 3. The second-order valence-electron chi connectivity index (χ2n) is 2.49. The van der Waals surface area contributed by atoms with Crippen molar-refractivity contribution in [3.05, 3.63) is 11.4 Å². The first-order valence-electron chi connectivity index (χ1n) is 3.34. The van der Waals surface area contributed by atoms with Crippen LogP contribution in [0.15, 0.2) is 0 Å². The molecule has 3 atom stereocenters. The molecular formula is C6H5F3N4. The van der Waals surface area contributed by atoms with Crippen LogP contribution in [0.2, 0.25) is 0 Å². The third-order valence-electron chi connectivity index (χ3n) is 1.60. The summed E-state index contributed by atoms with van der Waals surface area (Å²) in [5.74, 6) is 0. The highest BCUT2D eigenvalue weighted by Crippen LogP contribution is 2.23. The zero-order chi connectivity index (χ0) is 10.1. The Morgan fingerprint density at radius 3 is 2.31 bits per heavy atom. The van der Waals surface area contributed by atoms with E-state index >= 15 is 0 Å². The van der Waals surface area contributed by atoms with Crippen LogP contribution in [0.4, 0.5) is 13.2 Å². The Hall–Kier alpha value is -1.31. The van der Waals surface area contributed by atoms with Crippen molar-refractivity contribution in [1.82, 2.24) is 10.6 Å². The molecule has 1 saturated heterocycles. The van der Waals surface area contributed by atoms with Crippen molar-refractivity contribution in [1.29, 1.82) is 5.26 Å². The van der Waals surface area contributed by atoms with Crippen molar-refractivity contribution in [2.45, 2.75) is 24.5 Å². The van der Waals surface area contributed by atoms with Crippen molar-refractivity contribution in [3.63, 3.8) is 0 Å². The van der Waals surface area contributed by atoms with E-state index in [1.54, 1.807) is 6.07 Å². The van der Waals surface area contributed by atoms with Crippen LogP contribution in [-0.2, 0) is 0 Å². The fraction of sp³-hybridized carbons (Fsp3) is 0.667. The standard InChI is InChI=1S/C6H5F3N4/c1-11-4-3(2-10)12-5(13-4)6(7,8)9/h3-5,12-13H. The lowest BCUT2D eigenvalue weighted by molar-refractivity contribution is -0.157. The third kappa shape index (κ3) is 1.89. The molecule has 1 rings (SSSR count). The third-order valence-corrected chi connectivity index (χ3v) is 1.60. The number of nitriles is 1. The molecule has 1 aliphatic rings. The Kier molecular flexibility index (Phi) is 2.41. The normalized spacial score (nSPS) is 33.8. The molecule has 0 bridgehead atoms. The van der Waals surface area contributed by atoms with Crippen LogP contribution in [0.5, 0.6) is 0 Å². The maximum atomic E-state index is 12.0. The maximum absolute atomic E-state index is 12.0. The molecule has 13 heavy (non-hydrogen) atoms. The fourth-order valence-corrected chi connectivity index (χ4v) is 0.994. The first kappa shape index (κ1) is 9.78. The van der Waals surface area contributed by atoms with Crippen LogP contribution in [0.3, 0.4) is 0 Å². The molecular weight excluding hydrogens is 185 g/mol. The van der Waals surface area contributed by atoms with E-state index in [1.807, 2.05) is 10.6 Å². The lowest BCUT2D eigenvalue weighted by atomic mass is 10.3. The van der Waals surface area contributed by atoms with Crippen molar-refractivity contribution in [2.75, 3.05) is 0 Å². The smallest absolute Gasteiger partial charge is 0.293 e. The fourth-order valence-electron chi connectivity index (χ4n) is 0.994. The summed E-state index contributed by atoms with van der Waals surface area (Å²) in [5, 5.41) is 12.3. The minimum absolute atomic E-state index is 1.11. The first-order chi connectivity index (χ1) is 5.99. The molecule has 0 amide bonds. The number of nitrogens with zero attached hydrogens (tertiary/aromatic N) is 2. The summed E-state index contributed by atoms with van der Waals surface area (Å²) < 4.78 is 36.1. The second kappa shape index (κ2) is 3.21. The van der Waals surface area contributed by atoms with Crippen LogP contribution >= 0.6 is 0 Å².